The van der Waals surface area contributed by atoms with Crippen molar-refractivity contribution in [2.75, 3.05) is 0 Å². The summed E-state index contributed by atoms with van der Waals surface area (Å²) in [5.74, 6) is 1.05. The zero-order valence-corrected chi connectivity index (χ0v) is 16.4. The van der Waals surface area contributed by atoms with Crippen LogP contribution in [0.25, 0.3) is 10.9 Å². The Hall–Kier alpha value is -2.71. The van der Waals surface area contributed by atoms with Crippen LogP contribution in [0.15, 0.2) is 59.0 Å². The molecule has 0 spiro atoms. The topological polar surface area (TPSA) is 65.7 Å². The van der Waals surface area contributed by atoms with Gasteiger partial charge in [-0.15, -0.1) is 10.2 Å². The Balaban J connectivity index is 1.58. The lowest BCUT2D eigenvalue weighted by Crippen LogP contribution is -2.07. The SMILES string of the molecule is CCn1c(COc2ccc(Cl)cc2)nnc1Sc1ncnc2ccc(F)cc12. The molecule has 28 heavy (non-hydrogen) atoms. The fourth-order valence-electron chi connectivity index (χ4n) is 2.67. The Morgan fingerprint density at radius 1 is 1.11 bits per heavy atom. The first-order chi connectivity index (χ1) is 13.6. The van der Waals surface area contributed by atoms with E-state index >= 15 is 0 Å². The average Bonchev–Trinajstić information content (AvgIpc) is 3.09. The smallest absolute Gasteiger partial charge is 0.197 e. The molecule has 4 aromatic rings. The normalized spacial score (nSPS) is 11.1. The highest BCUT2D eigenvalue weighted by Crippen LogP contribution is 2.31. The second-order valence-corrected chi connectivity index (χ2v) is 7.22. The fraction of sp³-hybridized carbons (Fsp3) is 0.158. The summed E-state index contributed by atoms with van der Waals surface area (Å²) in [5.41, 5.74) is 0.674. The van der Waals surface area contributed by atoms with Crippen LogP contribution in [-0.4, -0.2) is 24.7 Å². The van der Waals surface area contributed by atoms with E-state index < -0.39 is 0 Å². The number of hydrogen-bond donors (Lipinski definition) is 0. The van der Waals surface area contributed by atoms with E-state index in [-0.39, 0.29) is 12.4 Å². The van der Waals surface area contributed by atoms with Crippen molar-refractivity contribution in [1.29, 1.82) is 0 Å². The molecular weight excluding hydrogens is 401 g/mol. The van der Waals surface area contributed by atoms with E-state index in [1.165, 1.54) is 30.2 Å². The molecule has 0 aliphatic carbocycles. The third kappa shape index (κ3) is 3.93. The molecule has 0 saturated carbocycles. The van der Waals surface area contributed by atoms with E-state index in [9.17, 15) is 4.39 Å². The highest BCUT2D eigenvalue weighted by Gasteiger charge is 2.15. The number of rotatable bonds is 6. The summed E-state index contributed by atoms with van der Waals surface area (Å²) in [7, 11) is 0. The van der Waals surface area contributed by atoms with E-state index in [0.29, 0.717) is 44.2 Å². The summed E-state index contributed by atoms with van der Waals surface area (Å²) in [5, 5.41) is 11.1. The number of halogens is 2. The largest absolute Gasteiger partial charge is 0.486 e. The molecule has 0 radical (unpaired) electrons. The second-order valence-electron chi connectivity index (χ2n) is 5.83. The summed E-state index contributed by atoms with van der Waals surface area (Å²) >= 11 is 7.21. The van der Waals surface area contributed by atoms with Gasteiger partial charge in [-0.2, -0.15) is 0 Å². The predicted octanol–water partition coefficient (Wildman–Crippen LogP) is 4.76. The number of aromatic nitrogens is 5. The van der Waals surface area contributed by atoms with Crippen LogP contribution >= 0.6 is 23.4 Å². The molecular formula is C19H15ClFN5OS. The number of fused-ring (bicyclic) bond motifs is 1. The molecule has 4 rings (SSSR count). The maximum absolute atomic E-state index is 13.7. The summed E-state index contributed by atoms with van der Waals surface area (Å²) < 4.78 is 21.4. The molecule has 142 valence electrons. The maximum Gasteiger partial charge on any atom is 0.197 e. The molecule has 2 heterocycles. The van der Waals surface area contributed by atoms with Crippen molar-refractivity contribution >= 4 is 34.3 Å². The molecule has 0 amide bonds. The van der Waals surface area contributed by atoms with E-state index in [1.807, 2.05) is 11.5 Å². The number of nitrogens with zero attached hydrogens (tertiary/aromatic N) is 5. The standard InChI is InChI=1S/C19H15ClFN5OS/c1-2-26-17(10-27-14-6-3-12(20)4-7-14)24-25-19(26)28-18-15-9-13(21)5-8-16(15)22-11-23-18/h3-9,11H,2,10H2,1H3. The van der Waals surface area contributed by atoms with Crippen molar-refractivity contribution in [1.82, 2.24) is 24.7 Å². The first-order valence-electron chi connectivity index (χ1n) is 8.52. The van der Waals surface area contributed by atoms with Gasteiger partial charge in [-0.05, 0) is 61.2 Å². The first kappa shape index (κ1) is 18.6. The van der Waals surface area contributed by atoms with Crippen molar-refractivity contribution in [3.63, 3.8) is 0 Å². The van der Waals surface area contributed by atoms with Crippen molar-refractivity contribution in [2.24, 2.45) is 0 Å². The minimum Gasteiger partial charge on any atom is -0.486 e. The van der Waals surface area contributed by atoms with Gasteiger partial charge >= 0.3 is 0 Å². The van der Waals surface area contributed by atoms with E-state index in [2.05, 4.69) is 20.2 Å². The van der Waals surface area contributed by atoms with Crippen LogP contribution in [0.4, 0.5) is 4.39 Å². The Morgan fingerprint density at radius 3 is 2.71 bits per heavy atom. The molecule has 2 aromatic heterocycles. The molecule has 0 N–H and O–H groups in total. The van der Waals surface area contributed by atoms with Gasteiger partial charge < -0.3 is 9.30 Å². The zero-order valence-electron chi connectivity index (χ0n) is 14.8. The summed E-state index contributed by atoms with van der Waals surface area (Å²) in [6.07, 6.45) is 1.46. The molecule has 0 atom stereocenters. The summed E-state index contributed by atoms with van der Waals surface area (Å²) in [6.45, 7) is 2.92. The van der Waals surface area contributed by atoms with E-state index in [4.69, 9.17) is 16.3 Å². The lowest BCUT2D eigenvalue weighted by atomic mass is 10.2. The van der Waals surface area contributed by atoms with E-state index in [1.54, 1.807) is 30.3 Å². The van der Waals surface area contributed by atoms with Crippen LogP contribution in [0.2, 0.25) is 5.02 Å². The monoisotopic (exact) mass is 415 g/mol. The molecule has 6 nitrogen and oxygen atoms in total. The third-order valence-corrected chi connectivity index (χ3v) is 5.30. The van der Waals surface area contributed by atoms with Gasteiger partial charge in [-0.1, -0.05) is 11.6 Å². The molecule has 0 unspecified atom stereocenters. The van der Waals surface area contributed by atoms with Crippen LogP contribution in [0.3, 0.4) is 0 Å². The van der Waals surface area contributed by atoms with Gasteiger partial charge in [0.05, 0.1) is 5.52 Å². The number of benzene rings is 2. The van der Waals surface area contributed by atoms with Crippen molar-refractivity contribution < 1.29 is 9.13 Å². The summed E-state index contributed by atoms with van der Waals surface area (Å²) in [6, 6.07) is 11.6. The van der Waals surface area contributed by atoms with Crippen LogP contribution in [-0.2, 0) is 13.2 Å². The van der Waals surface area contributed by atoms with Crippen LogP contribution in [0, 0.1) is 5.82 Å². The van der Waals surface area contributed by atoms with Gasteiger partial charge in [-0.3, -0.25) is 0 Å². The van der Waals surface area contributed by atoms with Crippen LogP contribution in [0.1, 0.15) is 12.7 Å². The quantitative estimate of drug-likeness (QED) is 0.423. The van der Waals surface area contributed by atoms with Gasteiger partial charge in [0.2, 0.25) is 0 Å². The van der Waals surface area contributed by atoms with Gasteiger partial charge in [-0.25, -0.2) is 14.4 Å². The Labute approximate surface area is 169 Å². The fourth-order valence-corrected chi connectivity index (χ4v) is 3.77. The highest BCUT2D eigenvalue weighted by atomic mass is 35.5. The number of hydrogen-bond acceptors (Lipinski definition) is 6. The maximum atomic E-state index is 13.7. The second kappa shape index (κ2) is 8.12. The minimum absolute atomic E-state index is 0.266. The molecule has 0 bridgehead atoms. The van der Waals surface area contributed by atoms with Crippen LogP contribution in [0.5, 0.6) is 5.75 Å². The van der Waals surface area contributed by atoms with Gasteiger partial charge in [0, 0.05) is 17.0 Å². The van der Waals surface area contributed by atoms with E-state index in [0.717, 1.165) is 0 Å². The van der Waals surface area contributed by atoms with Crippen molar-refractivity contribution in [2.45, 2.75) is 30.3 Å². The molecule has 0 saturated heterocycles. The minimum atomic E-state index is -0.335. The predicted molar refractivity (Wildman–Crippen MR) is 105 cm³/mol. The Morgan fingerprint density at radius 2 is 1.93 bits per heavy atom. The van der Waals surface area contributed by atoms with Crippen molar-refractivity contribution in [3.8, 4) is 5.75 Å². The Kier molecular flexibility index (Phi) is 5.40. The van der Waals surface area contributed by atoms with Crippen molar-refractivity contribution in [3.05, 3.63) is 65.5 Å². The lowest BCUT2D eigenvalue weighted by molar-refractivity contribution is 0.288. The molecule has 0 aliphatic heterocycles. The van der Waals surface area contributed by atoms with Crippen LogP contribution < -0.4 is 4.74 Å². The highest BCUT2D eigenvalue weighted by molar-refractivity contribution is 7.99. The third-order valence-electron chi connectivity index (χ3n) is 4.04. The number of ether oxygens (including phenoxy) is 1. The van der Waals surface area contributed by atoms with Gasteiger partial charge in [0.15, 0.2) is 11.0 Å². The summed E-state index contributed by atoms with van der Waals surface area (Å²) in [4.78, 5) is 8.47. The molecule has 2 aromatic carbocycles. The first-order valence-corrected chi connectivity index (χ1v) is 9.72. The van der Waals surface area contributed by atoms with Gasteiger partial charge in [0.1, 0.15) is 29.5 Å². The average molecular weight is 416 g/mol. The molecule has 9 heteroatoms. The molecule has 0 fully saturated rings. The lowest BCUT2D eigenvalue weighted by Gasteiger charge is -2.09. The molecule has 0 aliphatic rings. The van der Waals surface area contributed by atoms with Gasteiger partial charge in [0.25, 0.3) is 0 Å². The Bertz CT molecular complexity index is 1120. The zero-order chi connectivity index (χ0) is 19.5.